The number of halogens is 1. The second-order valence-electron chi connectivity index (χ2n) is 8.63. The fourth-order valence-corrected chi connectivity index (χ4v) is 4.58. The Labute approximate surface area is 220 Å². The summed E-state index contributed by atoms with van der Waals surface area (Å²) in [4.78, 5) is 28.4. The zero-order valence-electron chi connectivity index (χ0n) is 21.3. The molecule has 8 heteroatoms. The Morgan fingerprint density at radius 3 is 2.30 bits per heavy atom. The first-order valence-electron chi connectivity index (χ1n) is 11.7. The molecule has 1 amide bonds. The molecule has 0 bridgehead atoms. The second-order valence-corrected chi connectivity index (χ2v) is 9.04. The van der Waals surface area contributed by atoms with E-state index in [1.54, 1.807) is 36.4 Å². The van der Waals surface area contributed by atoms with Crippen molar-refractivity contribution in [3.63, 3.8) is 0 Å². The normalized spacial score (nSPS) is 16.7. The van der Waals surface area contributed by atoms with Crippen molar-refractivity contribution >= 4 is 34.7 Å². The Morgan fingerprint density at radius 1 is 0.919 bits per heavy atom. The number of benzene rings is 3. The van der Waals surface area contributed by atoms with E-state index >= 15 is 0 Å². The lowest BCUT2D eigenvalue weighted by Crippen LogP contribution is -2.29. The van der Waals surface area contributed by atoms with Crippen molar-refractivity contribution in [1.82, 2.24) is 0 Å². The number of rotatable bonds is 7. The number of amides is 1. The van der Waals surface area contributed by atoms with E-state index in [9.17, 15) is 14.7 Å². The van der Waals surface area contributed by atoms with Crippen LogP contribution >= 0.6 is 11.6 Å². The summed E-state index contributed by atoms with van der Waals surface area (Å²) in [5.74, 6) is -0.586. The van der Waals surface area contributed by atoms with Gasteiger partial charge in [-0.1, -0.05) is 23.7 Å². The molecular formula is C29H28ClNO6. The monoisotopic (exact) mass is 521 g/mol. The van der Waals surface area contributed by atoms with Crippen LogP contribution in [0.2, 0.25) is 5.02 Å². The Hall–Kier alpha value is -3.97. The van der Waals surface area contributed by atoms with E-state index in [2.05, 4.69) is 0 Å². The van der Waals surface area contributed by atoms with Gasteiger partial charge in [-0.25, -0.2) is 0 Å². The minimum absolute atomic E-state index is 0.0554. The maximum Gasteiger partial charge on any atom is 0.300 e. The molecule has 192 valence electrons. The minimum Gasteiger partial charge on any atom is -0.507 e. The van der Waals surface area contributed by atoms with Crippen LogP contribution in [0.5, 0.6) is 17.2 Å². The number of aliphatic hydroxyl groups excluding tert-OH is 1. The lowest BCUT2D eigenvalue weighted by atomic mass is 9.94. The van der Waals surface area contributed by atoms with Crippen LogP contribution < -0.4 is 19.1 Å². The highest BCUT2D eigenvalue weighted by molar-refractivity contribution is 6.51. The molecule has 1 saturated heterocycles. The van der Waals surface area contributed by atoms with E-state index in [0.29, 0.717) is 45.7 Å². The molecule has 4 rings (SSSR count). The molecule has 3 aromatic carbocycles. The number of anilines is 1. The van der Waals surface area contributed by atoms with Crippen LogP contribution in [0.15, 0.2) is 60.2 Å². The first kappa shape index (κ1) is 26.1. The second kappa shape index (κ2) is 10.6. The molecule has 0 spiro atoms. The van der Waals surface area contributed by atoms with Crippen LogP contribution in [0.4, 0.5) is 5.69 Å². The zero-order chi connectivity index (χ0) is 26.9. The van der Waals surface area contributed by atoms with Crippen molar-refractivity contribution in [3.05, 3.63) is 87.4 Å². The lowest BCUT2D eigenvalue weighted by molar-refractivity contribution is -0.132. The maximum absolute atomic E-state index is 13.5. The van der Waals surface area contributed by atoms with Gasteiger partial charge >= 0.3 is 0 Å². The SMILES string of the molecule is CCOc1cc(C2/C(=C(\O)c3ccc(Cl)c(OC)c3)C(=O)C(=O)N2c2ccc(C)c(C)c2)ccc1OC. The first-order valence-corrected chi connectivity index (χ1v) is 12.1. The largest absolute Gasteiger partial charge is 0.507 e. The minimum atomic E-state index is -0.922. The molecule has 1 heterocycles. The highest BCUT2D eigenvalue weighted by atomic mass is 35.5. The van der Waals surface area contributed by atoms with Gasteiger partial charge < -0.3 is 19.3 Å². The van der Waals surface area contributed by atoms with Crippen molar-refractivity contribution < 1.29 is 28.9 Å². The Bertz CT molecular complexity index is 1410. The average molecular weight is 522 g/mol. The van der Waals surface area contributed by atoms with Crippen molar-refractivity contribution in [2.45, 2.75) is 26.8 Å². The van der Waals surface area contributed by atoms with Gasteiger partial charge in [0.1, 0.15) is 11.5 Å². The third-order valence-electron chi connectivity index (χ3n) is 6.44. The number of aliphatic hydroxyl groups is 1. The Balaban J connectivity index is 1.98. The van der Waals surface area contributed by atoms with Crippen LogP contribution in [-0.2, 0) is 9.59 Å². The molecule has 0 saturated carbocycles. The van der Waals surface area contributed by atoms with E-state index in [-0.39, 0.29) is 11.3 Å². The smallest absolute Gasteiger partial charge is 0.300 e. The van der Waals surface area contributed by atoms with E-state index < -0.39 is 17.7 Å². The van der Waals surface area contributed by atoms with Crippen molar-refractivity contribution in [3.8, 4) is 17.2 Å². The molecule has 1 aliphatic heterocycles. The fraction of sp³-hybridized carbons (Fsp3) is 0.241. The first-order chi connectivity index (χ1) is 17.7. The molecule has 1 fully saturated rings. The van der Waals surface area contributed by atoms with Crippen LogP contribution in [0.3, 0.4) is 0 Å². The van der Waals surface area contributed by atoms with Gasteiger partial charge in [0, 0.05) is 11.3 Å². The van der Waals surface area contributed by atoms with E-state index in [1.165, 1.54) is 25.2 Å². The molecular weight excluding hydrogens is 494 g/mol. The summed E-state index contributed by atoms with van der Waals surface area (Å²) in [6.07, 6.45) is 0. The molecule has 7 nitrogen and oxygen atoms in total. The number of hydrogen-bond donors (Lipinski definition) is 1. The number of nitrogens with zero attached hydrogens (tertiary/aromatic N) is 1. The number of methoxy groups -OCH3 is 2. The van der Waals surface area contributed by atoms with Crippen molar-refractivity contribution in [2.75, 3.05) is 25.7 Å². The predicted octanol–water partition coefficient (Wildman–Crippen LogP) is 6.00. The van der Waals surface area contributed by atoms with Crippen LogP contribution in [0, 0.1) is 13.8 Å². The highest BCUT2D eigenvalue weighted by Gasteiger charge is 2.47. The van der Waals surface area contributed by atoms with Crippen LogP contribution in [0.1, 0.15) is 35.2 Å². The number of ketones is 1. The maximum atomic E-state index is 13.5. The third kappa shape index (κ3) is 4.74. The summed E-state index contributed by atoms with van der Waals surface area (Å²) in [5.41, 5.74) is 3.36. The Morgan fingerprint density at radius 2 is 1.65 bits per heavy atom. The lowest BCUT2D eigenvalue weighted by Gasteiger charge is -2.26. The van der Waals surface area contributed by atoms with Gasteiger partial charge in [-0.15, -0.1) is 0 Å². The Kier molecular flexibility index (Phi) is 7.45. The van der Waals surface area contributed by atoms with Gasteiger partial charge in [-0.2, -0.15) is 0 Å². The van der Waals surface area contributed by atoms with Gasteiger partial charge in [-0.3, -0.25) is 14.5 Å². The molecule has 1 aliphatic rings. The summed E-state index contributed by atoms with van der Waals surface area (Å²) in [5, 5.41) is 11.8. The molecule has 1 atom stereocenters. The van der Waals surface area contributed by atoms with Gasteiger partial charge in [0.25, 0.3) is 11.7 Å². The number of carbonyl (C=O) groups is 2. The van der Waals surface area contributed by atoms with Gasteiger partial charge in [-0.05, 0) is 79.9 Å². The number of aryl methyl sites for hydroxylation is 2. The van der Waals surface area contributed by atoms with E-state index in [4.69, 9.17) is 25.8 Å². The molecule has 0 radical (unpaired) electrons. The van der Waals surface area contributed by atoms with Crippen molar-refractivity contribution in [2.24, 2.45) is 0 Å². The van der Waals surface area contributed by atoms with E-state index in [0.717, 1.165) is 11.1 Å². The predicted molar refractivity (Wildman–Crippen MR) is 143 cm³/mol. The topological polar surface area (TPSA) is 85.3 Å². The van der Waals surface area contributed by atoms with Gasteiger partial charge in [0.15, 0.2) is 11.5 Å². The number of Topliss-reactive ketones (excluding diaryl/α,β-unsaturated/α-hetero) is 1. The third-order valence-corrected chi connectivity index (χ3v) is 6.75. The molecule has 1 N–H and O–H groups in total. The summed E-state index contributed by atoms with van der Waals surface area (Å²) < 4.78 is 16.5. The fourth-order valence-electron chi connectivity index (χ4n) is 4.38. The quantitative estimate of drug-likeness (QED) is 0.233. The molecule has 0 aliphatic carbocycles. The molecule has 1 unspecified atom stereocenters. The van der Waals surface area contributed by atoms with Crippen molar-refractivity contribution in [1.29, 1.82) is 0 Å². The molecule has 0 aromatic heterocycles. The summed E-state index contributed by atoms with van der Waals surface area (Å²) in [7, 11) is 2.99. The standard InChI is InChI=1S/C29H28ClNO6/c1-6-37-24-14-18(9-12-22(24)35-4)26-25(27(32)19-8-11-21(30)23(15-19)36-5)28(33)29(34)31(26)20-10-7-16(2)17(3)13-20/h7-15,26,32H,6H2,1-5H3/b27-25+. The summed E-state index contributed by atoms with van der Waals surface area (Å²) in [6.45, 7) is 6.14. The molecule has 3 aromatic rings. The van der Waals surface area contributed by atoms with E-state index in [1.807, 2.05) is 32.9 Å². The van der Waals surface area contributed by atoms with Gasteiger partial charge in [0.2, 0.25) is 0 Å². The summed E-state index contributed by atoms with van der Waals surface area (Å²) in [6, 6.07) is 14.5. The highest BCUT2D eigenvalue weighted by Crippen LogP contribution is 2.45. The number of carbonyl (C=O) groups excluding carboxylic acids is 2. The average Bonchev–Trinajstić information content (AvgIpc) is 3.16. The number of hydrogen-bond acceptors (Lipinski definition) is 6. The van der Waals surface area contributed by atoms with Crippen LogP contribution in [-0.4, -0.2) is 37.6 Å². The van der Waals surface area contributed by atoms with Gasteiger partial charge in [0.05, 0.1) is 37.5 Å². The summed E-state index contributed by atoms with van der Waals surface area (Å²) >= 11 is 6.17. The molecule has 37 heavy (non-hydrogen) atoms. The zero-order valence-corrected chi connectivity index (χ0v) is 22.1. The number of ether oxygens (including phenoxy) is 3. The van der Waals surface area contributed by atoms with Crippen LogP contribution in [0.25, 0.3) is 5.76 Å².